The van der Waals surface area contributed by atoms with E-state index in [-0.39, 0.29) is 41.3 Å². The number of hydrogen-bond acceptors (Lipinski definition) is 6. The van der Waals surface area contributed by atoms with Gasteiger partial charge in [-0.3, -0.25) is 19.7 Å². The van der Waals surface area contributed by atoms with Crippen molar-refractivity contribution in [3.63, 3.8) is 0 Å². The van der Waals surface area contributed by atoms with E-state index in [4.69, 9.17) is 5.73 Å². The number of amides is 2. The van der Waals surface area contributed by atoms with Crippen LogP contribution in [-0.2, 0) is 4.79 Å². The molecule has 1 aliphatic heterocycles. The zero-order chi connectivity index (χ0) is 18.0. The number of likely N-dealkylation sites (tertiary alicyclic amines) is 1. The Hall–Kier alpha value is -1.71. The Morgan fingerprint density at radius 1 is 1.23 bits per heavy atom. The Balaban J connectivity index is 0.00000243. The lowest BCUT2D eigenvalue weighted by atomic mass is 9.91. The van der Waals surface area contributed by atoms with Crippen LogP contribution in [0.15, 0.2) is 12.1 Å². The summed E-state index contributed by atoms with van der Waals surface area (Å²) in [4.78, 5) is 37.4. The molecule has 0 bridgehead atoms. The second-order valence-electron chi connectivity index (χ2n) is 6.67. The molecule has 1 unspecified atom stereocenters. The van der Waals surface area contributed by atoms with Crippen LogP contribution in [0.4, 0.5) is 5.00 Å². The van der Waals surface area contributed by atoms with Gasteiger partial charge in [0.25, 0.3) is 5.91 Å². The zero-order valence-corrected chi connectivity index (χ0v) is 15.9. The van der Waals surface area contributed by atoms with Gasteiger partial charge in [0.05, 0.1) is 9.80 Å². The summed E-state index contributed by atoms with van der Waals surface area (Å²) >= 11 is 0.850. The molecule has 0 spiro atoms. The summed E-state index contributed by atoms with van der Waals surface area (Å²) in [5.74, 6) is -0.432. The summed E-state index contributed by atoms with van der Waals surface area (Å²) in [7, 11) is 0. The number of nitrogens with zero attached hydrogens (tertiary/aromatic N) is 2. The summed E-state index contributed by atoms with van der Waals surface area (Å²) in [5, 5.41) is 13.8. The molecule has 26 heavy (non-hydrogen) atoms. The lowest BCUT2D eigenvalue weighted by Gasteiger charge is -2.30. The molecule has 2 amide bonds. The number of nitrogens with one attached hydrogen (secondary N) is 1. The van der Waals surface area contributed by atoms with Gasteiger partial charge in [-0.2, -0.15) is 0 Å². The van der Waals surface area contributed by atoms with Crippen molar-refractivity contribution in [1.29, 1.82) is 0 Å². The van der Waals surface area contributed by atoms with Gasteiger partial charge in [0.2, 0.25) is 5.91 Å². The van der Waals surface area contributed by atoms with Crippen LogP contribution in [0.25, 0.3) is 0 Å². The zero-order valence-electron chi connectivity index (χ0n) is 14.3. The molecule has 1 aromatic rings. The molecule has 3 rings (SSSR count). The number of carbonyl (C=O) groups is 2. The number of thiophene rings is 1. The Morgan fingerprint density at radius 3 is 2.54 bits per heavy atom. The molecule has 0 aromatic carbocycles. The normalized spacial score (nSPS) is 25.4. The van der Waals surface area contributed by atoms with Crippen LogP contribution < -0.4 is 11.1 Å². The smallest absolute Gasteiger partial charge is 0.324 e. The molecular weight excluding hydrogens is 380 g/mol. The molecular formula is C16H23ClN4O4S. The number of halogens is 1. The molecule has 1 atom stereocenters. The summed E-state index contributed by atoms with van der Waals surface area (Å²) in [6.07, 6.45) is 4.91. The third kappa shape index (κ3) is 4.52. The van der Waals surface area contributed by atoms with Gasteiger partial charge >= 0.3 is 5.00 Å². The van der Waals surface area contributed by atoms with Crippen molar-refractivity contribution in [2.45, 2.75) is 56.7 Å². The summed E-state index contributed by atoms with van der Waals surface area (Å²) in [6.45, 7) is 0.498. The van der Waals surface area contributed by atoms with Crippen LogP contribution in [0.2, 0.25) is 0 Å². The summed E-state index contributed by atoms with van der Waals surface area (Å²) in [6, 6.07) is 2.62. The van der Waals surface area contributed by atoms with Crippen molar-refractivity contribution < 1.29 is 14.5 Å². The average Bonchev–Trinajstić information content (AvgIpc) is 3.26. The highest BCUT2D eigenvalue weighted by Crippen LogP contribution is 2.28. The fraction of sp³-hybridized carbons (Fsp3) is 0.625. The van der Waals surface area contributed by atoms with E-state index in [1.807, 2.05) is 0 Å². The van der Waals surface area contributed by atoms with Gasteiger partial charge in [-0.1, -0.05) is 11.3 Å². The van der Waals surface area contributed by atoms with Gasteiger partial charge in [0, 0.05) is 24.7 Å². The molecule has 2 heterocycles. The standard InChI is InChI=1S/C16H22N4O4S.ClH/c17-10-3-5-11(6-4-10)18-15(21)12-2-1-9-19(12)16(22)13-7-8-14(25-13)20(23)24;/h7-8,10-12H,1-6,9,17H2,(H,18,21);1H. The van der Waals surface area contributed by atoms with Gasteiger partial charge in [-0.15, -0.1) is 12.4 Å². The van der Waals surface area contributed by atoms with Crippen molar-refractivity contribution in [2.75, 3.05) is 6.54 Å². The molecule has 0 radical (unpaired) electrons. The van der Waals surface area contributed by atoms with Crippen LogP contribution >= 0.6 is 23.7 Å². The highest BCUT2D eigenvalue weighted by atomic mass is 35.5. The molecule has 1 aromatic heterocycles. The quantitative estimate of drug-likeness (QED) is 0.590. The minimum Gasteiger partial charge on any atom is -0.352 e. The summed E-state index contributed by atoms with van der Waals surface area (Å²) in [5.41, 5.74) is 5.89. The van der Waals surface area contributed by atoms with Gasteiger partial charge in [0.15, 0.2) is 0 Å². The van der Waals surface area contributed by atoms with E-state index in [0.29, 0.717) is 17.8 Å². The number of hydrogen-bond donors (Lipinski definition) is 2. The van der Waals surface area contributed by atoms with E-state index in [1.54, 1.807) is 4.90 Å². The maximum Gasteiger partial charge on any atom is 0.324 e. The van der Waals surface area contributed by atoms with E-state index in [0.717, 1.165) is 43.4 Å². The second-order valence-corrected chi connectivity index (χ2v) is 7.73. The van der Waals surface area contributed by atoms with Gasteiger partial charge in [-0.05, 0) is 44.6 Å². The Labute approximate surface area is 161 Å². The Kier molecular flexibility index (Phi) is 6.96. The van der Waals surface area contributed by atoms with Gasteiger partial charge in [-0.25, -0.2) is 0 Å². The maximum atomic E-state index is 12.7. The van der Waals surface area contributed by atoms with Crippen LogP contribution in [0.1, 0.15) is 48.2 Å². The van der Waals surface area contributed by atoms with E-state index < -0.39 is 11.0 Å². The van der Waals surface area contributed by atoms with Crippen LogP contribution in [0, 0.1) is 10.1 Å². The third-order valence-electron chi connectivity index (χ3n) is 4.92. The molecule has 1 saturated carbocycles. The first kappa shape index (κ1) is 20.6. The third-order valence-corrected chi connectivity index (χ3v) is 5.94. The Bertz CT molecular complexity index is 675. The van der Waals surface area contributed by atoms with E-state index in [2.05, 4.69) is 5.32 Å². The van der Waals surface area contributed by atoms with E-state index in [9.17, 15) is 19.7 Å². The van der Waals surface area contributed by atoms with Crippen molar-refractivity contribution in [3.05, 3.63) is 27.1 Å². The van der Waals surface area contributed by atoms with Crippen molar-refractivity contribution in [2.24, 2.45) is 5.73 Å². The topological polar surface area (TPSA) is 119 Å². The number of nitro groups is 1. The minimum atomic E-state index is -0.511. The predicted octanol–water partition coefficient (Wildman–Crippen LogP) is 2.07. The maximum absolute atomic E-state index is 12.7. The molecule has 144 valence electrons. The minimum absolute atomic E-state index is 0. The average molecular weight is 403 g/mol. The molecule has 2 fully saturated rings. The molecule has 3 N–H and O–H groups in total. The molecule has 8 nitrogen and oxygen atoms in total. The first-order valence-corrected chi connectivity index (χ1v) is 9.38. The Morgan fingerprint density at radius 2 is 1.92 bits per heavy atom. The largest absolute Gasteiger partial charge is 0.352 e. The monoisotopic (exact) mass is 402 g/mol. The van der Waals surface area contributed by atoms with Crippen molar-refractivity contribution in [1.82, 2.24) is 10.2 Å². The first-order chi connectivity index (χ1) is 12.0. The van der Waals surface area contributed by atoms with E-state index >= 15 is 0 Å². The fourth-order valence-electron chi connectivity index (χ4n) is 3.53. The van der Waals surface area contributed by atoms with E-state index in [1.165, 1.54) is 12.1 Å². The highest BCUT2D eigenvalue weighted by molar-refractivity contribution is 7.17. The van der Waals surface area contributed by atoms with Crippen LogP contribution in [0.3, 0.4) is 0 Å². The summed E-state index contributed by atoms with van der Waals surface area (Å²) < 4.78 is 0. The van der Waals surface area contributed by atoms with Crippen LogP contribution in [-0.4, -0.2) is 46.3 Å². The number of carbonyl (C=O) groups excluding carboxylic acids is 2. The molecule has 1 aliphatic carbocycles. The lowest BCUT2D eigenvalue weighted by molar-refractivity contribution is -0.380. The molecule has 10 heteroatoms. The number of nitrogens with two attached hydrogens (primary N) is 1. The van der Waals surface area contributed by atoms with Crippen molar-refractivity contribution in [3.8, 4) is 0 Å². The van der Waals surface area contributed by atoms with Crippen LogP contribution in [0.5, 0.6) is 0 Å². The van der Waals surface area contributed by atoms with Gasteiger partial charge in [0.1, 0.15) is 6.04 Å². The predicted molar refractivity (Wildman–Crippen MR) is 101 cm³/mol. The second kappa shape index (κ2) is 8.79. The van der Waals surface area contributed by atoms with Gasteiger partial charge < -0.3 is 16.0 Å². The molecule has 1 saturated heterocycles. The fourth-order valence-corrected chi connectivity index (χ4v) is 4.30. The lowest BCUT2D eigenvalue weighted by Crippen LogP contribution is -2.50. The number of rotatable bonds is 4. The molecule has 2 aliphatic rings. The SMILES string of the molecule is Cl.NC1CCC(NC(=O)C2CCCN2C(=O)c2ccc([N+](=O)[O-])s2)CC1. The highest BCUT2D eigenvalue weighted by Gasteiger charge is 2.36. The first-order valence-electron chi connectivity index (χ1n) is 8.57. The van der Waals surface area contributed by atoms with Crippen molar-refractivity contribution >= 4 is 40.6 Å².